The molecular weight excluding hydrogens is 729 g/mol. The first-order valence-corrected chi connectivity index (χ1v) is 22.0. The molecule has 0 aromatic carbocycles. The van der Waals surface area contributed by atoms with E-state index in [0.717, 1.165) is 77.0 Å². The summed E-state index contributed by atoms with van der Waals surface area (Å²) in [5.74, 6) is -1.02. The van der Waals surface area contributed by atoms with Crippen molar-refractivity contribution in [3.05, 3.63) is 109 Å². The molecule has 0 saturated heterocycles. The van der Waals surface area contributed by atoms with Crippen molar-refractivity contribution in [2.75, 3.05) is 26.4 Å². The number of carbonyl (C=O) groups is 2. The lowest BCUT2D eigenvalue weighted by atomic mass is 10.1. The van der Waals surface area contributed by atoms with Gasteiger partial charge in [0.15, 0.2) is 6.10 Å². The van der Waals surface area contributed by atoms with E-state index in [1.165, 1.54) is 0 Å². The van der Waals surface area contributed by atoms with Gasteiger partial charge in [-0.05, 0) is 70.6 Å². The average molecular weight is 802 g/mol. The zero-order valence-electron chi connectivity index (χ0n) is 34.2. The molecule has 316 valence electrons. The van der Waals surface area contributed by atoms with Gasteiger partial charge in [-0.25, -0.2) is 4.57 Å². The number of allylic oxidation sites excluding steroid dienone is 17. The van der Waals surface area contributed by atoms with Crippen LogP contribution < -0.4 is 5.73 Å². The van der Waals surface area contributed by atoms with E-state index in [0.29, 0.717) is 19.3 Å². The molecule has 0 rings (SSSR count). The van der Waals surface area contributed by atoms with E-state index >= 15 is 0 Å². The van der Waals surface area contributed by atoms with Crippen molar-refractivity contribution in [2.45, 2.75) is 135 Å². The minimum absolute atomic E-state index is 0.0212. The first-order valence-electron chi connectivity index (χ1n) is 20.5. The molecule has 11 heteroatoms. The maximum atomic E-state index is 12.6. The highest BCUT2D eigenvalue weighted by Crippen LogP contribution is 2.43. The standard InChI is InChI=1S/C45H72NO9P/c1-3-5-7-9-11-12-13-14-15-16-17-18-19-20-21-22-24-28-32-36-44(48)52-40-43(41-54-56(50,51)53-39-38-46)55-45(49)37-33-29-25-27-31-35-42(47)34-30-26-23-10-8-6-4-2/h5-8,11-12,14-15,17-18,20-21,23-24,26,28,30,34,42-43,47H,3-4,9-10,13,16,19,22,25,27,29,31-33,35-41,46H2,1-2H3,(H,50,51)/b7-5-,8-6+,12-11-,15-14-,18-17-,21-20-,26-23+,28-24-,34-30+/t42?,43-/m1/s1. The lowest BCUT2D eigenvalue weighted by Crippen LogP contribution is -2.29. The third kappa shape index (κ3) is 38.9. The van der Waals surface area contributed by atoms with Crippen LogP contribution in [0.5, 0.6) is 0 Å². The number of carbonyl (C=O) groups excluding carboxylic acids is 2. The van der Waals surface area contributed by atoms with Gasteiger partial charge in [0, 0.05) is 19.4 Å². The third-order valence-electron chi connectivity index (χ3n) is 7.77. The number of esters is 2. The molecule has 0 fully saturated rings. The molecule has 0 spiro atoms. The lowest BCUT2D eigenvalue weighted by molar-refractivity contribution is -0.161. The van der Waals surface area contributed by atoms with Crippen LogP contribution in [0.15, 0.2) is 109 Å². The number of unbranched alkanes of at least 4 members (excludes halogenated alkanes) is 4. The normalized spacial score (nSPS) is 15.0. The van der Waals surface area contributed by atoms with Crippen LogP contribution in [0.25, 0.3) is 0 Å². The number of ether oxygens (including phenoxy) is 2. The van der Waals surface area contributed by atoms with Crippen LogP contribution in [0.4, 0.5) is 0 Å². The molecule has 0 amide bonds. The summed E-state index contributed by atoms with van der Waals surface area (Å²) in [6, 6.07) is 0. The summed E-state index contributed by atoms with van der Waals surface area (Å²) in [6.07, 6.45) is 48.7. The van der Waals surface area contributed by atoms with Gasteiger partial charge in [0.2, 0.25) is 0 Å². The van der Waals surface area contributed by atoms with Gasteiger partial charge >= 0.3 is 19.8 Å². The number of nitrogens with two attached hydrogens (primary N) is 1. The first kappa shape index (κ1) is 52.6. The van der Waals surface area contributed by atoms with Gasteiger partial charge in [-0.3, -0.25) is 18.6 Å². The van der Waals surface area contributed by atoms with Crippen LogP contribution in [0.2, 0.25) is 0 Å². The quantitative estimate of drug-likeness (QED) is 0.0183. The van der Waals surface area contributed by atoms with E-state index in [9.17, 15) is 24.2 Å². The second kappa shape index (κ2) is 39.8. The molecular formula is C45H72NO9P. The highest BCUT2D eigenvalue weighted by Gasteiger charge is 2.25. The molecule has 0 radical (unpaired) electrons. The molecule has 4 N–H and O–H groups in total. The van der Waals surface area contributed by atoms with Crippen molar-refractivity contribution in [1.82, 2.24) is 0 Å². The SMILES string of the molecule is CC/C=C\C/C=C\C/C=C\C/C=C\C/C=C\C/C=C\CCC(=O)OC[C@H](COP(=O)(O)OCCN)OC(=O)CCCCCCCC(O)/C=C/C=C/C/C=C/CC. The summed E-state index contributed by atoms with van der Waals surface area (Å²) in [4.78, 5) is 34.8. The number of aliphatic hydroxyl groups excluding tert-OH is 1. The van der Waals surface area contributed by atoms with Crippen molar-refractivity contribution in [3.63, 3.8) is 0 Å². The summed E-state index contributed by atoms with van der Waals surface area (Å²) in [7, 11) is -4.43. The fraction of sp³-hybridized carbons (Fsp3) is 0.556. The van der Waals surface area contributed by atoms with E-state index < -0.39 is 38.6 Å². The molecule has 0 aromatic rings. The van der Waals surface area contributed by atoms with Crippen molar-refractivity contribution < 1.29 is 42.7 Å². The Labute approximate surface area is 338 Å². The van der Waals surface area contributed by atoms with E-state index in [2.05, 4.69) is 86.8 Å². The lowest BCUT2D eigenvalue weighted by Gasteiger charge is -2.19. The van der Waals surface area contributed by atoms with Gasteiger partial charge in [0.1, 0.15) is 6.61 Å². The number of rotatable bonds is 36. The molecule has 0 aliphatic heterocycles. The minimum atomic E-state index is -4.43. The summed E-state index contributed by atoms with van der Waals surface area (Å²) in [5.41, 5.74) is 5.33. The van der Waals surface area contributed by atoms with Crippen molar-refractivity contribution in [3.8, 4) is 0 Å². The second-order valence-electron chi connectivity index (χ2n) is 12.9. The molecule has 0 saturated carbocycles. The molecule has 10 nitrogen and oxygen atoms in total. The molecule has 0 aliphatic rings. The maximum Gasteiger partial charge on any atom is 0.472 e. The van der Waals surface area contributed by atoms with Gasteiger partial charge in [-0.15, -0.1) is 0 Å². The number of phosphoric acid groups is 1. The van der Waals surface area contributed by atoms with Crippen LogP contribution in [-0.2, 0) is 32.7 Å². The smallest absolute Gasteiger partial charge is 0.462 e. The highest BCUT2D eigenvalue weighted by molar-refractivity contribution is 7.47. The molecule has 0 aromatic heterocycles. The fourth-order valence-corrected chi connectivity index (χ4v) is 5.55. The number of phosphoric ester groups is 1. The van der Waals surface area contributed by atoms with Gasteiger partial charge in [0.25, 0.3) is 0 Å². The Morgan fingerprint density at radius 2 is 1.14 bits per heavy atom. The Kier molecular flexibility index (Phi) is 37.5. The van der Waals surface area contributed by atoms with Crippen molar-refractivity contribution in [2.24, 2.45) is 5.73 Å². The van der Waals surface area contributed by atoms with Gasteiger partial charge < -0.3 is 25.2 Å². The monoisotopic (exact) mass is 801 g/mol. The third-order valence-corrected chi connectivity index (χ3v) is 8.76. The number of aliphatic hydroxyl groups is 1. The zero-order chi connectivity index (χ0) is 41.2. The molecule has 3 atom stereocenters. The van der Waals surface area contributed by atoms with Crippen molar-refractivity contribution >= 4 is 19.8 Å². The summed E-state index contributed by atoms with van der Waals surface area (Å²) < 4.78 is 32.6. The van der Waals surface area contributed by atoms with Crippen LogP contribution >= 0.6 is 7.82 Å². The number of hydrogen-bond donors (Lipinski definition) is 3. The Morgan fingerprint density at radius 1 is 0.625 bits per heavy atom. The van der Waals surface area contributed by atoms with Crippen LogP contribution in [0, 0.1) is 0 Å². The average Bonchev–Trinajstić information content (AvgIpc) is 3.18. The first-order chi connectivity index (χ1) is 27.2. The molecule has 0 bridgehead atoms. The summed E-state index contributed by atoms with van der Waals surface area (Å²) in [6.45, 7) is 3.25. The van der Waals surface area contributed by atoms with Crippen molar-refractivity contribution in [1.29, 1.82) is 0 Å². The molecule has 2 unspecified atom stereocenters. The maximum absolute atomic E-state index is 12.6. The van der Waals surface area contributed by atoms with Gasteiger partial charge in [-0.1, -0.05) is 149 Å². The fourth-order valence-electron chi connectivity index (χ4n) is 4.78. The summed E-state index contributed by atoms with van der Waals surface area (Å²) >= 11 is 0. The second-order valence-corrected chi connectivity index (χ2v) is 14.4. The Bertz CT molecular complexity index is 1300. The van der Waals surface area contributed by atoms with Crippen LogP contribution in [0.3, 0.4) is 0 Å². The topological polar surface area (TPSA) is 155 Å². The number of hydrogen-bond acceptors (Lipinski definition) is 9. The molecule has 56 heavy (non-hydrogen) atoms. The Hall–Kier alpha value is -3.37. The Morgan fingerprint density at radius 3 is 1.71 bits per heavy atom. The van der Waals surface area contributed by atoms with E-state index in [1.54, 1.807) is 6.08 Å². The highest BCUT2D eigenvalue weighted by atomic mass is 31.2. The van der Waals surface area contributed by atoms with Gasteiger partial charge in [-0.2, -0.15) is 0 Å². The van der Waals surface area contributed by atoms with Gasteiger partial charge in [0.05, 0.1) is 19.3 Å². The van der Waals surface area contributed by atoms with Crippen LogP contribution in [-0.4, -0.2) is 60.5 Å². The summed E-state index contributed by atoms with van der Waals surface area (Å²) in [5, 5.41) is 10.1. The van der Waals surface area contributed by atoms with E-state index in [4.69, 9.17) is 24.3 Å². The molecule has 0 heterocycles. The van der Waals surface area contributed by atoms with E-state index in [-0.39, 0.29) is 32.6 Å². The predicted molar refractivity (Wildman–Crippen MR) is 230 cm³/mol. The minimum Gasteiger partial charge on any atom is -0.462 e. The Balaban J connectivity index is 4.42. The largest absolute Gasteiger partial charge is 0.472 e. The predicted octanol–water partition coefficient (Wildman–Crippen LogP) is 10.6. The van der Waals surface area contributed by atoms with Crippen LogP contribution in [0.1, 0.15) is 123 Å². The van der Waals surface area contributed by atoms with E-state index in [1.807, 2.05) is 30.4 Å². The zero-order valence-corrected chi connectivity index (χ0v) is 35.1. The molecule has 0 aliphatic carbocycles.